The van der Waals surface area contributed by atoms with Crippen molar-refractivity contribution in [2.24, 2.45) is 11.7 Å². The Morgan fingerprint density at radius 3 is 2.35 bits per heavy atom. The number of hydrogen-bond donors (Lipinski definition) is 1. The lowest BCUT2D eigenvalue weighted by Crippen LogP contribution is -2.40. The van der Waals surface area contributed by atoms with E-state index in [1.165, 1.54) is 31.0 Å². The van der Waals surface area contributed by atoms with Crippen molar-refractivity contribution >= 4 is 0 Å². The van der Waals surface area contributed by atoms with Gasteiger partial charge < -0.3 is 5.73 Å². The van der Waals surface area contributed by atoms with Gasteiger partial charge in [0.15, 0.2) is 0 Å². The van der Waals surface area contributed by atoms with E-state index in [4.69, 9.17) is 5.73 Å². The van der Waals surface area contributed by atoms with Crippen molar-refractivity contribution in [2.45, 2.75) is 38.6 Å². The Kier molecular flexibility index (Phi) is 5.49. The summed E-state index contributed by atoms with van der Waals surface area (Å²) in [5.41, 5.74) is 5.92. The molecule has 2 rings (SSSR count). The average Bonchev–Trinajstić information content (AvgIpc) is 2.45. The molecule has 0 aromatic heterocycles. The summed E-state index contributed by atoms with van der Waals surface area (Å²) in [5.74, 6) is -0.229. The van der Waals surface area contributed by atoms with Gasteiger partial charge in [-0.05, 0) is 44.0 Å². The van der Waals surface area contributed by atoms with Crippen LogP contribution in [-0.4, -0.2) is 24.5 Å². The summed E-state index contributed by atoms with van der Waals surface area (Å²) in [5, 5.41) is 0. The predicted molar refractivity (Wildman–Crippen MR) is 77.4 cm³/mol. The number of rotatable bonds is 5. The summed E-state index contributed by atoms with van der Waals surface area (Å²) >= 11 is 0. The van der Waals surface area contributed by atoms with Crippen molar-refractivity contribution in [1.29, 1.82) is 0 Å². The number of piperidine rings is 1. The molecule has 1 fully saturated rings. The third kappa shape index (κ3) is 3.36. The molecule has 4 heteroatoms. The molecule has 1 heterocycles. The topological polar surface area (TPSA) is 29.3 Å². The molecule has 1 saturated heterocycles. The van der Waals surface area contributed by atoms with Crippen LogP contribution in [-0.2, 0) is 0 Å². The van der Waals surface area contributed by atoms with Crippen LogP contribution in [0.1, 0.15) is 44.2 Å². The third-order valence-electron chi connectivity index (χ3n) is 4.34. The molecule has 1 unspecified atom stereocenters. The fourth-order valence-electron chi connectivity index (χ4n) is 3.24. The molecule has 1 aromatic carbocycles. The second kappa shape index (κ2) is 7.14. The number of benzene rings is 1. The van der Waals surface area contributed by atoms with Gasteiger partial charge in [-0.2, -0.15) is 0 Å². The molecule has 2 nitrogen and oxygen atoms in total. The molecule has 0 aliphatic carbocycles. The monoisotopic (exact) mass is 282 g/mol. The van der Waals surface area contributed by atoms with E-state index in [0.29, 0.717) is 0 Å². The van der Waals surface area contributed by atoms with Crippen LogP contribution in [0.2, 0.25) is 0 Å². The first-order valence-corrected chi connectivity index (χ1v) is 7.55. The average molecular weight is 282 g/mol. The van der Waals surface area contributed by atoms with Gasteiger partial charge in [0.05, 0.1) is 6.04 Å². The highest BCUT2D eigenvalue weighted by Crippen LogP contribution is 2.30. The minimum atomic E-state index is -0.490. The van der Waals surface area contributed by atoms with E-state index in [1.807, 2.05) is 0 Å². The molecule has 0 bridgehead atoms. The first kappa shape index (κ1) is 15.4. The van der Waals surface area contributed by atoms with Crippen molar-refractivity contribution < 1.29 is 8.78 Å². The molecule has 1 atom stereocenters. The second-order valence-corrected chi connectivity index (χ2v) is 5.65. The maximum Gasteiger partial charge on any atom is 0.130 e. The number of nitrogens with zero attached hydrogens (tertiary/aromatic N) is 1. The van der Waals surface area contributed by atoms with E-state index in [-0.39, 0.29) is 18.2 Å². The molecular formula is C16H24F2N2. The van der Waals surface area contributed by atoms with Gasteiger partial charge in [-0.3, -0.25) is 4.90 Å². The van der Waals surface area contributed by atoms with Crippen molar-refractivity contribution in [3.63, 3.8) is 0 Å². The van der Waals surface area contributed by atoms with E-state index < -0.39 is 11.6 Å². The smallest absolute Gasteiger partial charge is 0.130 e. The minimum absolute atomic E-state index is 0.129. The number of likely N-dealkylation sites (tertiary alicyclic amines) is 1. The highest BCUT2D eigenvalue weighted by atomic mass is 19.1. The molecule has 20 heavy (non-hydrogen) atoms. The van der Waals surface area contributed by atoms with E-state index >= 15 is 0 Å². The highest BCUT2D eigenvalue weighted by Gasteiger charge is 2.28. The fourth-order valence-corrected chi connectivity index (χ4v) is 3.24. The van der Waals surface area contributed by atoms with Crippen LogP contribution in [0.5, 0.6) is 0 Å². The summed E-state index contributed by atoms with van der Waals surface area (Å²) in [7, 11) is 0. The standard InChI is InChI=1S/C16H24F2N2/c1-2-4-12-7-9-20(10-8-12)15(11-19)16-13(17)5-3-6-14(16)18/h3,5-6,12,15H,2,4,7-11,19H2,1H3. The molecular weight excluding hydrogens is 258 g/mol. The quantitative estimate of drug-likeness (QED) is 0.896. The zero-order valence-corrected chi connectivity index (χ0v) is 12.1. The van der Waals surface area contributed by atoms with Gasteiger partial charge in [-0.25, -0.2) is 8.78 Å². The van der Waals surface area contributed by atoms with E-state index in [9.17, 15) is 8.78 Å². The number of halogens is 2. The summed E-state index contributed by atoms with van der Waals surface area (Å²) < 4.78 is 27.8. The Balaban J connectivity index is 2.10. The van der Waals surface area contributed by atoms with Crippen molar-refractivity contribution in [3.8, 4) is 0 Å². The summed E-state index contributed by atoms with van der Waals surface area (Å²) in [6.07, 6.45) is 4.64. The molecule has 0 amide bonds. The fraction of sp³-hybridized carbons (Fsp3) is 0.625. The van der Waals surface area contributed by atoms with Crippen molar-refractivity contribution in [1.82, 2.24) is 4.90 Å². The lowest BCUT2D eigenvalue weighted by atomic mass is 9.90. The molecule has 1 aliphatic heterocycles. The Bertz CT molecular complexity index is 408. The molecule has 112 valence electrons. The lowest BCUT2D eigenvalue weighted by Gasteiger charge is -2.37. The van der Waals surface area contributed by atoms with Crippen LogP contribution >= 0.6 is 0 Å². The van der Waals surface area contributed by atoms with Gasteiger partial charge in [-0.15, -0.1) is 0 Å². The van der Waals surface area contributed by atoms with Gasteiger partial charge >= 0.3 is 0 Å². The summed E-state index contributed by atoms with van der Waals surface area (Å²) in [6.45, 7) is 4.20. The van der Waals surface area contributed by atoms with Gasteiger partial charge in [-0.1, -0.05) is 25.8 Å². The number of hydrogen-bond acceptors (Lipinski definition) is 2. The Hall–Kier alpha value is -1.00. The summed E-state index contributed by atoms with van der Waals surface area (Å²) in [4.78, 5) is 2.13. The van der Waals surface area contributed by atoms with E-state index in [0.717, 1.165) is 31.8 Å². The molecule has 0 saturated carbocycles. The zero-order valence-electron chi connectivity index (χ0n) is 12.1. The lowest BCUT2D eigenvalue weighted by molar-refractivity contribution is 0.127. The van der Waals surface area contributed by atoms with Crippen LogP contribution in [0.3, 0.4) is 0 Å². The molecule has 0 radical (unpaired) electrons. The van der Waals surface area contributed by atoms with E-state index in [1.54, 1.807) is 0 Å². The minimum Gasteiger partial charge on any atom is -0.329 e. The van der Waals surface area contributed by atoms with Gasteiger partial charge in [0.2, 0.25) is 0 Å². The largest absolute Gasteiger partial charge is 0.329 e. The Morgan fingerprint density at radius 2 is 1.85 bits per heavy atom. The first-order chi connectivity index (χ1) is 9.67. The van der Waals surface area contributed by atoms with Crippen molar-refractivity contribution in [2.75, 3.05) is 19.6 Å². The van der Waals surface area contributed by atoms with Crippen molar-refractivity contribution in [3.05, 3.63) is 35.4 Å². The predicted octanol–water partition coefficient (Wildman–Crippen LogP) is 3.48. The molecule has 0 spiro atoms. The molecule has 1 aromatic rings. The van der Waals surface area contributed by atoms with Crippen LogP contribution in [0.25, 0.3) is 0 Å². The normalized spacial score (nSPS) is 19.2. The van der Waals surface area contributed by atoms with Crippen LogP contribution in [0.4, 0.5) is 8.78 Å². The van der Waals surface area contributed by atoms with Gasteiger partial charge in [0.1, 0.15) is 11.6 Å². The third-order valence-corrected chi connectivity index (χ3v) is 4.34. The van der Waals surface area contributed by atoms with E-state index in [2.05, 4.69) is 11.8 Å². The second-order valence-electron chi connectivity index (χ2n) is 5.65. The maximum absolute atomic E-state index is 13.9. The zero-order chi connectivity index (χ0) is 14.5. The maximum atomic E-state index is 13.9. The highest BCUT2D eigenvalue weighted by molar-refractivity contribution is 5.24. The van der Waals surface area contributed by atoms with Crippen LogP contribution < -0.4 is 5.73 Å². The van der Waals surface area contributed by atoms with Crippen LogP contribution in [0.15, 0.2) is 18.2 Å². The van der Waals surface area contributed by atoms with Gasteiger partial charge in [0.25, 0.3) is 0 Å². The molecule has 1 aliphatic rings. The van der Waals surface area contributed by atoms with Gasteiger partial charge in [0, 0.05) is 12.1 Å². The first-order valence-electron chi connectivity index (χ1n) is 7.55. The molecule has 2 N–H and O–H groups in total. The Labute approximate surface area is 120 Å². The Morgan fingerprint density at radius 1 is 1.25 bits per heavy atom. The summed E-state index contributed by atoms with van der Waals surface area (Å²) in [6, 6.07) is 3.67. The van der Waals surface area contributed by atoms with Crippen LogP contribution in [0, 0.1) is 17.6 Å². The number of nitrogens with two attached hydrogens (primary N) is 1. The SMILES string of the molecule is CCCC1CCN(C(CN)c2c(F)cccc2F)CC1.